The number of hydrogen-bond acceptors (Lipinski definition) is 4. The minimum Gasteiger partial charge on any atom is -0.378 e. The SMILES string of the molecule is CC(C)OCCS(=O)(=O)N(CCCN)C1CCCCC1. The van der Waals surface area contributed by atoms with Crippen LogP contribution in [0.1, 0.15) is 52.4 Å². The number of nitrogens with two attached hydrogens (primary N) is 1. The number of sulfonamides is 1. The summed E-state index contributed by atoms with van der Waals surface area (Å²) >= 11 is 0. The molecule has 5 nitrogen and oxygen atoms in total. The molecule has 0 aromatic heterocycles. The van der Waals surface area contributed by atoms with Crippen molar-refractivity contribution in [3.63, 3.8) is 0 Å². The molecule has 0 bridgehead atoms. The molecule has 0 aliphatic heterocycles. The summed E-state index contributed by atoms with van der Waals surface area (Å²) in [7, 11) is -3.24. The summed E-state index contributed by atoms with van der Waals surface area (Å²) in [5.74, 6) is 0.0756. The average Bonchev–Trinajstić information content (AvgIpc) is 2.39. The lowest BCUT2D eigenvalue weighted by atomic mass is 9.95. The van der Waals surface area contributed by atoms with Crippen molar-refractivity contribution in [1.29, 1.82) is 0 Å². The van der Waals surface area contributed by atoms with Gasteiger partial charge in [-0.15, -0.1) is 0 Å². The lowest BCUT2D eigenvalue weighted by Crippen LogP contribution is -2.44. The van der Waals surface area contributed by atoms with Crippen LogP contribution < -0.4 is 5.73 Å². The van der Waals surface area contributed by atoms with Crippen LogP contribution >= 0.6 is 0 Å². The molecule has 0 spiro atoms. The maximum atomic E-state index is 12.5. The summed E-state index contributed by atoms with van der Waals surface area (Å²) in [5, 5.41) is 0. The molecule has 2 N–H and O–H groups in total. The Labute approximate surface area is 123 Å². The lowest BCUT2D eigenvalue weighted by Gasteiger charge is -2.33. The van der Waals surface area contributed by atoms with Crippen molar-refractivity contribution in [1.82, 2.24) is 4.31 Å². The highest BCUT2D eigenvalue weighted by Crippen LogP contribution is 2.25. The summed E-state index contributed by atoms with van der Waals surface area (Å²) in [6.45, 7) is 5.18. The molecular formula is C14H30N2O3S. The molecule has 0 aromatic carbocycles. The van der Waals surface area contributed by atoms with Gasteiger partial charge in [0.2, 0.25) is 10.0 Å². The molecule has 0 unspecified atom stereocenters. The first kappa shape index (κ1) is 17.9. The Hall–Kier alpha value is -0.170. The van der Waals surface area contributed by atoms with Crippen LogP contribution in [-0.2, 0) is 14.8 Å². The Kier molecular flexibility index (Phi) is 8.02. The van der Waals surface area contributed by atoms with Crippen LogP contribution in [0.3, 0.4) is 0 Å². The quantitative estimate of drug-likeness (QED) is 0.704. The second kappa shape index (κ2) is 8.97. The normalized spacial score (nSPS) is 18.1. The molecule has 0 heterocycles. The molecule has 0 atom stereocenters. The first-order chi connectivity index (χ1) is 9.47. The van der Waals surface area contributed by atoms with Crippen LogP contribution in [0.4, 0.5) is 0 Å². The standard InChI is InChI=1S/C14H30N2O3S/c1-13(2)19-11-12-20(17,18)16(10-6-9-15)14-7-4-3-5-8-14/h13-14H,3-12,15H2,1-2H3. The van der Waals surface area contributed by atoms with E-state index in [2.05, 4.69) is 0 Å². The van der Waals surface area contributed by atoms with Crippen LogP contribution in [0, 0.1) is 0 Å². The van der Waals surface area contributed by atoms with Crippen LogP contribution in [-0.4, -0.2) is 50.3 Å². The van der Waals surface area contributed by atoms with E-state index in [1.165, 1.54) is 6.42 Å². The lowest BCUT2D eigenvalue weighted by molar-refractivity contribution is 0.0903. The Morgan fingerprint density at radius 1 is 1.25 bits per heavy atom. The van der Waals surface area contributed by atoms with Crippen molar-refractivity contribution in [3.05, 3.63) is 0 Å². The van der Waals surface area contributed by atoms with Crippen molar-refractivity contribution >= 4 is 10.0 Å². The fourth-order valence-corrected chi connectivity index (χ4v) is 4.29. The van der Waals surface area contributed by atoms with Gasteiger partial charge in [-0.25, -0.2) is 8.42 Å². The van der Waals surface area contributed by atoms with Crippen molar-refractivity contribution in [2.24, 2.45) is 5.73 Å². The van der Waals surface area contributed by atoms with Crippen molar-refractivity contribution in [2.75, 3.05) is 25.4 Å². The molecular weight excluding hydrogens is 276 g/mol. The van der Waals surface area contributed by atoms with E-state index in [1.807, 2.05) is 13.8 Å². The second-order valence-electron chi connectivity index (χ2n) is 5.78. The third-order valence-electron chi connectivity index (χ3n) is 3.71. The van der Waals surface area contributed by atoms with Crippen molar-refractivity contribution in [3.8, 4) is 0 Å². The number of nitrogens with zero attached hydrogens (tertiary/aromatic N) is 1. The van der Waals surface area contributed by atoms with E-state index in [-0.39, 0.29) is 24.5 Å². The van der Waals surface area contributed by atoms with E-state index in [0.717, 1.165) is 32.1 Å². The summed E-state index contributed by atoms with van der Waals surface area (Å²) in [6.07, 6.45) is 6.23. The van der Waals surface area contributed by atoms with Gasteiger partial charge in [0, 0.05) is 12.6 Å². The molecule has 1 aliphatic rings. The summed E-state index contributed by atoms with van der Waals surface area (Å²) in [6, 6.07) is 0.166. The highest BCUT2D eigenvalue weighted by Gasteiger charge is 2.30. The number of hydrogen-bond donors (Lipinski definition) is 1. The smallest absolute Gasteiger partial charge is 0.216 e. The Morgan fingerprint density at radius 3 is 2.45 bits per heavy atom. The summed E-state index contributed by atoms with van der Waals surface area (Å²) < 4.78 is 32.1. The summed E-state index contributed by atoms with van der Waals surface area (Å²) in [4.78, 5) is 0. The van der Waals surface area contributed by atoms with E-state index in [0.29, 0.717) is 13.1 Å². The maximum absolute atomic E-state index is 12.5. The van der Waals surface area contributed by atoms with Gasteiger partial charge in [-0.05, 0) is 39.7 Å². The number of ether oxygens (including phenoxy) is 1. The highest BCUT2D eigenvalue weighted by molar-refractivity contribution is 7.89. The maximum Gasteiger partial charge on any atom is 0.216 e. The fourth-order valence-electron chi connectivity index (χ4n) is 2.67. The molecule has 0 aromatic rings. The first-order valence-corrected chi connectivity index (χ1v) is 9.39. The zero-order valence-corrected chi connectivity index (χ0v) is 13.7. The van der Waals surface area contributed by atoms with Crippen LogP contribution in [0.2, 0.25) is 0 Å². The minimum atomic E-state index is -3.24. The molecule has 20 heavy (non-hydrogen) atoms. The topological polar surface area (TPSA) is 72.6 Å². The van der Waals surface area contributed by atoms with Gasteiger partial charge in [0.15, 0.2) is 0 Å². The van der Waals surface area contributed by atoms with E-state index >= 15 is 0 Å². The molecule has 6 heteroatoms. The van der Waals surface area contributed by atoms with Crippen molar-refractivity contribution < 1.29 is 13.2 Å². The summed E-state index contributed by atoms with van der Waals surface area (Å²) in [5.41, 5.74) is 5.54. The largest absolute Gasteiger partial charge is 0.378 e. The van der Waals surface area contributed by atoms with Gasteiger partial charge in [0.25, 0.3) is 0 Å². The molecule has 1 saturated carbocycles. The predicted octanol–water partition coefficient (Wildman–Crippen LogP) is 1.72. The van der Waals surface area contributed by atoms with Gasteiger partial charge in [0.05, 0.1) is 18.5 Å². The average molecular weight is 306 g/mol. The van der Waals surface area contributed by atoms with Gasteiger partial charge in [0.1, 0.15) is 0 Å². The van der Waals surface area contributed by atoms with E-state index < -0.39 is 10.0 Å². The zero-order valence-electron chi connectivity index (χ0n) is 12.9. The molecule has 120 valence electrons. The molecule has 0 amide bonds. The van der Waals surface area contributed by atoms with E-state index in [4.69, 9.17) is 10.5 Å². The van der Waals surface area contributed by atoms with Gasteiger partial charge in [-0.3, -0.25) is 0 Å². The second-order valence-corrected chi connectivity index (χ2v) is 7.82. The van der Waals surface area contributed by atoms with Crippen LogP contribution in [0.15, 0.2) is 0 Å². The Balaban J connectivity index is 2.63. The molecule has 0 radical (unpaired) electrons. The number of rotatable bonds is 9. The monoisotopic (exact) mass is 306 g/mol. The zero-order chi connectivity index (χ0) is 15.0. The molecule has 1 rings (SSSR count). The van der Waals surface area contributed by atoms with Gasteiger partial charge >= 0.3 is 0 Å². The van der Waals surface area contributed by atoms with Crippen molar-refractivity contribution in [2.45, 2.75) is 64.5 Å². The minimum absolute atomic E-state index is 0.0670. The van der Waals surface area contributed by atoms with E-state index in [1.54, 1.807) is 4.31 Å². The van der Waals surface area contributed by atoms with Gasteiger partial charge in [-0.1, -0.05) is 19.3 Å². The van der Waals surface area contributed by atoms with E-state index in [9.17, 15) is 8.42 Å². The predicted molar refractivity (Wildman–Crippen MR) is 82.1 cm³/mol. The van der Waals surface area contributed by atoms with Gasteiger partial charge in [-0.2, -0.15) is 4.31 Å². The molecule has 0 saturated heterocycles. The van der Waals surface area contributed by atoms with Crippen LogP contribution in [0.5, 0.6) is 0 Å². The third kappa shape index (κ3) is 6.08. The van der Waals surface area contributed by atoms with Gasteiger partial charge < -0.3 is 10.5 Å². The fraction of sp³-hybridized carbons (Fsp3) is 1.00. The Bertz CT molecular complexity index is 351. The highest BCUT2D eigenvalue weighted by atomic mass is 32.2. The Morgan fingerprint density at radius 2 is 1.90 bits per heavy atom. The first-order valence-electron chi connectivity index (χ1n) is 7.78. The third-order valence-corrected chi connectivity index (χ3v) is 5.59. The van der Waals surface area contributed by atoms with Crippen LogP contribution in [0.25, 0.3) is 0 Å². The molecule has 1 aliphatic carbocycles. The molecule has 1 fully saturated rings.